The Morgan fingerprint density at radius 1 is 1.06 bits per heavy atom. The highest BCUT2D eigenvalue weighted by molar-refractivity contribution is 7.94. The number of methoxy groups -OCH3 is 1. The predicted molar refractivity (Wildman–Crippen MR) is 118 cm³/mol. The summed E-state index contributed by atoms with van der Waals surface area (Å²) in [5, 5.41) is 0. The molecule has 2 aromatic carbocycles. The Labute approximate surface area is 182 Å². The Bertz CT molecular complexity index is 1080. The summed E-state index contributed by atoms with van der Waals surface area (Å²) in [5.41, 5.74) is 1.60. The highest BCUT2D eigenvalue weighted by Crippen LogP contribution is 2.42. The maximum atomic E-state index is 13.0. The van der Waals surface area contributed by atoms with Crippen molar-refractivity contribution < 1.29 is 22.7 Å². The second-order valence-corrected chi connectivity index (χ2v) is 10.3. The van der Waals surface area contributed by atoms with Gasteiger partial charge in [0.2, 0.25) is 11.8 Å². The van der Waals surface area contributed by atoms with Crippen LogP contribution in [-0.4, -0.2) is 56.0 Å². The standard InChI is InChI=1S/C23H26N2O5S/c1-30-20-9-5-6-18(16-20)10-11-21(26)24-14-12-23(13-15-24)25(19-7-3-2-4-8-19)22(27)17-31(23,28)29/h2-9,16H,10-15,17H2,1H3. The lowest BCUT2D eigenvalue weighted by Gasteiger charge is -2.43. The van der Waals surface area contributed by atoms with E-state index in [-0.39, 0.29) is 18.7 Å². The van der Waals surface area contributed by atoms with E-state index < -0.39 is 26.4 Å². The van der Waals surface area contributed by atoms with Gasteiger partial charge in [-0.25, -0.2) is 8.42 Å². The van der Waals surface area contributed by atoms with Crippen molar-refractivity contribution in [2.45, 2.75) is 30.6 Å². The van der Waals surface area contributed by atoms with E-state index in [0.29, 0.717) is 31.6 Å². The molecule has 2 aliphatic heterocycles. The van der Waals surface area contributed by atoms with Crippen LogP contribution in [0, 0.1) is 0 Å². The zero-order valence-electron chi connectivity index (χ0n) is 17.5. The molecule has 2 fully saturated rings. The summed E-state index contributed by atoms with van der Waals surface area (Å²) < 4.78 is 31.2. The highest BCUT2D eigenvalue weighted by atomic mass is 32.2. The second-order valence-electron chi connectivity index (χ2n) is 8.00. The summed E-state index contributed by atoms with van der Waals surface area (Å²) in [6.45, 7) is 0.625. The predicted octanol–water partition coefficient (Wildman–Crippen LogP) is 2.41. The molecule has 0 aromatic heterocycles. The third kappa shape index (κ3) is 3.92. The van der Waals surface area contributed by atoms with Gasteiger partial charge in [-0.2, -0.15) is 0 Å². The highest BCUT2D eigenvalue weighted by Gasteiger charge is 2.59. The number of hydrogen-bond acceptors (Lipinski definition) is 5. The topological polar surface area (TPSA) is 84.0 Å². The Balaban J connectivity index is 1.46. The zero-order valence-corrected chi connectivity index (χ0v) is 18.3. The largest absolute Gasteiger partial charge is 0.497 e. The van der Waals surface area contributed by atoms with Gasteiger partial charge in [0, 0.05) is 38.0 Å². The molecule has 2 aromatic rings. The van der Waals surface area contributed by atoms with E-state index in [1.165, 1.54) is 4.90 Å². The van der Waals surface area contributed by atoms with E-state index in [4.69, 9.17) is 4.74 Å². The van der Waals surface area contributed by atoms with Gasteiger partial charge in [-0.05, 0) is 36.2 Å². The smallest absolute Gasteiger partial charge is 0.243 e. The molecule has 8 heteroatoms. The van der Waals surface area contributed by atoms with E-state index in [1.54, 1.807) is 36.3 Å². The number of sulfone groups is 1. The Hall–Kier alpha value is -2.87. The number of ether oxygens (including phenoxy) is 1. The molecule has 0 unspecified atom stereocenters. The van der Waals surface area contributed by atoms with Crippen molar-refractivity contribution in [3.63, 3.8) is 0 Å². The normalized spacial score (nSPS) is 19.6. The lowest BCUT2D eigenvalue weighted by molar-refractivity contribution is -0.132. The third-order valence-corrected chi connectivity index (χ3v) is 8.60. The average Bonchev–Trinajstić information content (AvgIpc) is 2.97. The number of hydrogen-bond donors (Lipinski definition) is 0. The number of anilines is 1. The molecule has 164 valence electrons. The summed E-state index contributed by atoms with van der Waals surface area (Å²) in [6, 6.07) is 16.5. The van der Waals surface area contributed by atoms with Crippen LogP contribution >= 0.6 is 0 Å². The van der Waals surface area contributed by atoms with Gasteiger partial charge in [0.05, 0.1) is 7.11 Å². The van der Waals surface area contributed by atoms with Gasteiger partial charge in [-0.3, -0.25) is 14.5 Å². The summed E-state index contributed by atoms with van der Waals surface area (Å²) in [5.74, 6) is -0.136. The minimum Gasteiger partial charge on any atom is -0.497 e. The summed E-state index contributed by atoms with van der Waals surface area (Å²) in [6.07, 6.45) is 1.38. The first-order valence-electron chi connectivity index (χ1n) is 10.4. The number of likely N-dealkylation sites (tertiary alicyclic amines) is 1. The SMILES string of the molecule is COc1cccc(CCC(=O)N2CCC3(CC2)N(c2ccccc2)C(=O)CS3(=O)=O)c1. The minimum absolute atomic E-state index is 0.00866. The summed E-state index contributed by atoms with van der Waals surface area (Å²) in [4.78, 5) is 27.3. The quantitative estimate of drug-likeness (QED) is 0.710. The number of carbonyl (C=O) groups is 2. The molecule has 0 aliphatic carbocycles. The van der Waals surface area contributed by atoms with E-state index in [2.05, 4.69) is 0 Å². The van der Waals surface area contributed by atoms with Gasteiger partial charge in [0.15, 0.2) is 14.7 Å². The molecule has 7 nitrogen and oxygen atoms in total. The average molecular weight is 443 g/mol. The summed E-state index contributed by atoms with van der Waals surface area (Å²) in [7, 11) is -2.04. The number of rotatable bonds is 5. The molecule has 4 rings (SSSR count). The van der Waals surface area contributed by atoms with Crippen LogP contribution in [0.25, 0.3) is 0 Å². The Morgan fingerprint density at radius 3 is 2.45 bits per heavy atom. The molecule has 2 amide bonds. The van der Waals surface area contributed by atoms with Crippen molar-refractivity contribution in [1.29, 1.82) is 0 Å². The van der Waals surface area contributed by atoms with Crippen LogP contribution in [-0.2, 0) is 25.8 Å². The molecule has 31 heavy (non-hydrogen) atoms. The fourth-order valence-electron chi connectivity index (χ4n) is 4.56. The fourth-order valence-corrected chi connectivity index (χ4v) is 6.57. The van der Waals surface area contributed by atoms with Crippen LogP contribution in [0.1, 0.15) is 24.8 Å². The van der Waals surface area contributed by atoms with E-state index in [0.717, 1.165) is 11.3 Å². The van der Waals surface area contributed by atoms with Gasteiger partial charge >= 0.3 is 0 Å². The molecule has 0 N–H and O–H groups in total. The van der Waals surface area contributed by atoms with Crippen LogP contribution in [0.15, 0.2) is 54.6 Å². The lowest BCUT2D eigenvalue weighted by Crippen LogP contribution is -2.57. The van der Waals surface area contributed by atoms with Crippen LogP contribution < -0.4 is 9.64 Å². The van der Waals surface area contributed by atoms with E-state index in [1.807, 2.05) is 30.3 Å². The maximum absolute atomic E-state index is 13.0. The van der Waals surface area contributed by atoms with E-state index in [9.17, 15) is 18.0 Å². The van der Waals surface area contributed by atoms with Crippen molar-refractivity contribution in [3.05, 3.63) is 60.2 Å². The molecule has 0 saturated carbocycles. The van der Waals surface area contributed by atoms with Crippen LogP contribution in [0.5, 0.6) is 5.75 Å². The van der Waals surface area contributed by atoms with Gasteiger partial charge < -0.3 is 9.64 Å². The van der Waals surface area contributed by atoms with Crippen molar-refractivity contribution in [2.75, 3.05) is 30.9 Å². The number of carbonyl (C=O) groups excluding carboxylic acids is 2. The molecular weight excluding hydrogens is 416 g/mol. The van der Waals surface area contributed by atoms with Crippen LogP contribution in [0.4, 0.5) is 5.69 Å². The summed E-state index contributed by atoms with van der Waals surface area (Å²) >= 11 is 0. The molecule has 2 aliphatic rings. The monoisotopic (exact) mass is 442 g/mol. The Morgan fingerprint density at radius 2 is 1.77 bits per heavy atom. The van der Waals surface area contributed by atoms with Crippen LogP contribution in [0.3, 0.4) is 0 Å². The first kappa shape index (κ1) is 21.4. The first-order valence-corrected chi connectivity index (χ1v) is 12.0. The fraction of sp³-hybridized carbons (Fsp3) is 0.391. The van der Waals surface area contributed by atoms with Crippen LogP contribution in [0.2, 0.25) is 0 Å². The Kier molecular flexibility index (Phi) is 5.75. The molecule has 1 spiro atoms. The molecule has 0 atom stereocenters. The van der Waals surface area contributed by atoms with Gasteiger partial charge in [0.1, 0.15) is 11.5 Å². The van der Waals surface area contributed by atoms with Gasteiger partial charge in [-0.1, -0.05) is 30.3 Å². The number of aryl methyl sites for hydroxylation is 1. The third-order valence-electron chi connectivity index (χ3n) is 6.22. The molecule has 2 heterocycles. The van der Waals surface area contributed by atoms with Gasteiger partial charge in [-0.15, -0.1) is 0 Å². The number of nitrogens with zero attached hydrogens (tertiary/aromatic N) is 2. The van der Waals surface area contributed by atoms with Crippen molar-refractivity contribution >= 4 is 27.3 Å². The molecule has 0 radical (unpaired) electrons. The number of amides is 2. The van der Waals surface area contributed by atoms with Crippen molar-refractivity contribution in [1.82, 2.24) is 4.90 Å². The molecule has 2 saturated heterocycles. The minimum atomic E-state index is -3.64. The number of para-hydroxylation sites is 1. The second kappa shape index (κ2) is 8.34. The zero-order chi connectivity index (χ0) is 22.1. The van der Waals surface area contributed by atoms with Crippen molar-refractivity contribution in [2.24, 2.45) is 0 Å². The van der Waals surface area contributed by atoms with Crippen molar-refractivity contribution in [3.8, 4) is 5.75 Å². The lowest BCUT2D eigenvalue weighted by atomic mass is 10.00. The van der Waals surface area contributed by atoms with E-state index >= 15 is 0 Å². The van der Waals surface area contributed by atoms with Gasteiger partial charge in [0.25, 0.3) is 0 Å². The molecule has 0 bridgehead atoms. The first-order chi connectivity index (χ1) is 14.9. The molecular formula is C23H26N2O5S. The number of piperidine rings is 1. The number of benzene rings is 2. The maximum Gasteiger partial charge on any atom is 0.243 e.